The predicted octanol–water partition coefficient (Wildman–Crippen LogP) is 2.79. The van der Waals surface area contributed by atoms with Gasteiger partial charge in [0.05, 0.1) is 0 Å². The molecule has 1 aliphatic heterocycles. The first-order valence-electron chi connectivity index (χ1n) is 8.45. The van der Waals surface area contributed by atoms with Crippen molar-refractivity contribution in [2.75, 3.05) is 25.0 Å². The Labute approximate surface area is 134 Å². The first-order valence-corrected chi connectivity index (χ1v) is 8.45. The maximum Gasteiger partial charge on any atom is 0.251 e. The van der Waals surface area contributed by atoms with Gasteiger partial charge in [-0.05, 0) is 57.0 Å². The average Bonchev–Trinajstić information content (AvgIpc) is 2.52. The van der Waals surface area contributed by atoms with E-state index in [1.807, 2.05) is 24.3 Å². The lowest BCUT2D eigenvalue weighted by molar-refractivity contribution is 0.0925. The molecular weight excluding hydrogens is 274 g/mol. The molecular formula is C18H29N3O. The number of rotatable bonds is 6. The quantitative estimate of drug-likeness (QED) is 0.849. The number of anilines is 1. The summed E-state index contributed by atoms with van der Waals surface area (Å²) in [6.07, 6.45) is 4.39. The minimum Gasteiger partial charge on any atom is -0.375 e. The highest BCUT2D eigenvalue weighted by Gasteiger charge is 2.20. The van der Waals surface area contributed by atoms with E-state index in [1.165, 1.54) is 18.5 Å². The molecule has 2 rings (SSSR count). The van der Waals surface area contributed by atoms with Crippen molar-refractivity contribution < 1.29 is 4.79 Å². The normalized spacial score (nSPS) is 21.4. The van der Waals surface area contributed by atoms with Crippen molar-refractivity contribution in [1.82, 2.24) is 10.6 Å². The monoisotopic (exact) mass is 303 g/mol. The van der Waals surface area contributed by atoms with E-state index in [4.69, 9.17) is 0 Å². The van der Waals surface area contributed by atoms with Crippen molar-refractivity contribution >= 4 is 11.6 Å². The van der Waals surface area contributed by atoms with Gasteiger partial charge in [0.2, 0.25) is 0 Å². The molecule has 1 saturated heterocycles. The topological polar surface area (TPSA) is 44.4 Å². The molecule has 4 nitrogen and oxygen atoms in total. The van der Waals surface area contributed by atoms with Crippen LogP contribution in [-0.4, -0.2) is 38.1 Å². The molecule has 1 heterocycles. The number of nitrogens with zero attached hydrogens (tertiary/aromatic N) is 1. The van der Waals surface area contributed by atoms with E-state index in [9.17, 15) is 4.79 Å². The van der Waals surface area contributed by atoms with Gasteiger partial charge in [-0.2, -0.15) is 0 Å². The Bertz CT molecular complexity index is 472. The molecule has 22 heavy (non-hydrogen) atoms. The van der Waals surface area contributed by atoms with Crippen molar-refractivity contribution in [2.45, 2.75) is 51.6 Å². The number of amides is 1. The number of carbonyl (C=O) groups excluding carboxylic acids is 1. The number of hydrogen-bond acceptors (Lipinski definition) is 3. The van der Waals surface area contributed by atoms with Gasteiger partial charge in [0.1, 0.15) is 0 Å². The number of nitrogens with one attached hydrogen (secondary N) is 2. The van der Waals surface area contributed by atoms with Crippen LogP contribution < -0.4 is 15.5 Å². The summed E-state index contributed by atoms with van der Waals surface area (Å²) in [5.74, 6) is 0.0434. The molecule has 0 aromatic heterocycles. The molecule has 0 aliphatic carbocycles. The van der Waals surface area contributed by atoms with Crippen LogP contribution in [0.2, 0.25) is 0 Å². The third-order valence-corrected chi connectivity index (χ3v) is 4.38. The molecule has 4 heteroatoms. The van der Waals surface area contributed by atoms with Gasteiger partial charge in [0.25, 0.3) is 5.91 Å². The van der Waals surface area contributed by atoms with Gasteiger partial charge in [0.15, 0.2) is 0 Å². The Kier molecular flexibility index (Phi) is 6.25. The van der Waals surface area contributed by atoms with Gasteiger partial charge in [-0.3, -0.25) is 4.79 Å². The summed E-state index contributed by atoms with van der Waals surface area (Å²) >= 11 is 0. The SMILES string of the molecule is CCCCN(C)c1ccc(C(=O)NC2CCNC(C)C2)cc1. The van der Waals surface area contributed by atoms with E-state index in [2.05, 4.69) is 36.4 Å². The molecule has 0 saturated carbocycles. The Morgan fingerprint density at radius 2 is 2.09 bits per heavy atom. The van der Waals surface area contributed by atoms with Gasteiger partial charge < -0.3 is 15.5 Å². The lowest BCUT2D eigenvalue weighted by Gasteiger charge is -2.28. The molecule has 1 aromatic rings. The smallest absolute Gasteiger partial charge is 0.251 e. The Morgan fingerprint density at radius 1 is 1.36 bits per heavy atom. The number of carbonyl (C=O) groups is 1. The molecule has 1 fully saturated rings. The van der Waals surface area contributed by atoms with Crippen LogP contribution in [0.5, 0.6) is 0 Å². The van der Waals surface area contributed by atoms with Crippen LogP contribution in [0.4, 0.5) is 5.69 Å². The third-order valence-electron chi connectivity index (χ3n) is 4.38. The van der Waals surface area contributed by atoms with Gasteiger partial charge >= 0.3 is 0 Å². The summed E-state index contributed by atoms with van der Waals surface area (Å²) < 4.78 is 0. The van der Waals surface area contributed by atoms with E-state index < -0.39 is 0 Å². The fraction of sp³-hybridized carbons (Fsp3) is 0.611. The van der Waals surface area contributed by atoms with Crippen LogP contribution in [0.1, 0.15) is 49.9 Å². The highest BCUT2D eigenvalue weighted by atomic mass is 16.1. The van der Waals surface area contributed by atoms with Crippen molar-refractivity contribution in [2.24, 2.45) is 0 Å². The zero-order valence-electron chi connectivity index (χ0n) is 14.1. The molecule has 0 spiro atoms. The van der Waals surface area contributed by atoms with Gasteiger partial charge in [-0.25, -0.2) is 0 Å². The predicted molar refractivity (Wildman–Crippen MR) is 92.6 cm³/mol. The second kappa shape index (κ2) is 8.18. The molecule has 122 valence electrons. The summed E-state index contributed by atoms with van der Waals surface area (Å²) in [6.45, 7) is 6.39. The van der Waals surface area contributed by atoms with E-state index in [-0.39, 0.29) is 11.9 Å². The van der Waals surface area contributed by atoms with Crippen LogP contribution in [-0.2, 0) is 0 Å². The van der Waals surface area contributed by atoms with Crippen LogP contribution >= 0.6 is 0 Å². The van der Waals surface area contributed by atoms with Crippen molar-refractivity contribution in [3.63, 3.8) is 0 Å². The second-order valence-corrected chi connectivity index (χ2v) is 6.37. The molecule has 0 bridgehead atoms. The highest BCUT2D eigenvalue weighted by Crippen LogP contribution is 2.15. The average molecular weight is 303 g/mol. The van der Waals surface area contributed by atoms with Crippen LogP contribution in [0.15, 0.2) is 24.3 Å². The van der Waals surface area contributed by atoms with Crippen LogP contribution in [0, 0.1) is 0 Å². The Hall–Kier alpha value is -1.55. The number of hydrogen-bond donors (Lipinski definition) is 2. The lowest BCUT2D eigenvalue weighted by atomic mass is 10.0. The minimum absolute atomic E-state index is 0.0434. The standard InChI is InChI=1S/C18H29N3O/c1-4-5-12-21(3)17-8-6-15(7-9-17)18(22)20-16-10-11-19-14(2)13-16/h6-9,14,16,19H,4-5,10-13H2,1-3H3,(H,20,22). The minimum atomic E-state index is 0.0434. The van der Waals surface area contributed by atoms with Crippen molar-refractivity contribution in [3.05, 3.63) is 29.8 Å². The van der Waals surface area contributed by atoms with E-state index >= 15 is 0 Å². The fourth-order valence-corrected chi connectivity index (χ4v) is 2.92. The first-order chi connectivity index (χ1) is 10.6. The van der Waals surface area contributed by atoms with Crippen molar-refractivity contribution in [1.29, 1.82) is 0 Å². The van der Waals surface area contributed by atoms with Crippen molar-refractivity contribution in [3.8, 4) is 0 Å². The molecule has 0 radical (unpaired) electrons. The second-order valence-electron chi connectivity index (χ2n) is 6.37. The van der Waals surface area contributed by atoms with Crippen LogP contribution in [0.25, 0.3) is 0 Å². The largest absolute Gasteiger partial charge is 0.375 e. The summed E-state index contributed by atoms with van der Waals surface area (Å²) in [4.78, 5) is 14.6. The van der Waals surface area contributed by atoms with Gasteiger partial charge in [-0.1, -0.05) is 13.3 Å². The Balaban J connectivity index is 1.90. The molecule has 2 N–H and O–H groups in total. The lowest BCUT2D eigenvalue weighted by Crippen LogP contribution is -2.46. The maximum atomic E-state index is 12.3. The maximum absolute atomic E-state index is 12.3. The Morgan fingerprint density at radius 3 is 2.73 bits per heavy atom. The fourth-order valence-electron chi connectivity index (χ4n) is 2.92. The van der Waals surface area contributed by atoms with E-state index in [0.717, 1.165) is 31.5 Å². The number of benzene rings is 1. The molecule has 2 atom stereocenters. The highest BCUT2D eigenvalue weighted by molar-refractivity contribution is 5.94. The summed E-state index contributed by atoms with van der Waals surface area (Å²) in [5.41, 5.74) is 1.92. The molecule has 1 aliphatic rings. The zero-order chi connectivity index (χ0) is 15.9. The van der Waals surface area contributed by atoms with E-state index in [1.54, 1.807) is 0 Å². The molecule has 1 amide bonds. The first kappa shape index (κ1) is 16.8. The summed E-state index contributed by atoms with van der Waals surface area (Å²) in [5, 5.41) is 6.56. The van der Waals surface area contributed by atoms with Gasteiger partial charge in [-0.15, -0.1) is 0 Å². The number of unbranched alkanes of at least 4 members (excludes halogenated alkanes) is 1. The molecule has 2 unspecified atom stereocenters. The third kappa shape index (κ3) is 4.73. The van der Waals surface area contributed by atoms with E-state index in [0.29, 0.717) is 6.04 Å². The summed E-state index contributed by atoms with van der Waals surface area (Å²) in [6, 6.07) is 8.70. The van der Waals surface area contributed by atoms with Gasteiger partial charge in [0, 0.05) is 36.9 Å². The summed E-state index contributed by atoms with van der Waals surface area (Å²) in [7, 11) is 2.10. The zero-order valence-corrected chi connectivity index (χ0v) is 14.1. The van der Waals surface area contributed by atoms with Crippen LogP contribution in [0.3, 0.4) is 0 Å². The number of piperidine rings is 1. The molecule has 1 aromatic carbocycles.